The maximum absolute atomic E-state index is 12.3. The van der Waals surface area contributed by atoms with Crippen LogP contribution in [0.5, 0.6) is 0 Å². The number of nitrogens with one attached hydrogen (secondary N) is 1. The van der Waals surface area contributed by atoms with E-state index in [2.05, 4.69) is 5.32 Å². The molecule has 0 aromatic heterocycles. The summed E-state index contributed by atoms with van der Waals surface area (Å²) in [6.07, 6.45) is 0. The monoisotopic (exact) mass is 351 g/mol. The van der Waals surface area contributed by atoms with Crippen molar-refractivity contribution in [3.05, 3.63) is 88.9 Å². The number of carbonyl (C=O) groups excluding carboxylic acids is 1. The van der Waals surface area contributed by atoms with Crippen molar-refractivity contribution in [2.24, 2.45) is 0 Å². The molecule has 0 unspecified atom stereocenters. The van der Waals surface area contributed by atoms with E-state index in [1.165, 1.54) is 12.1 Å². The van der Waals surface area contributed by atoms with Gasteiger partial charge in [-0.15, -0.1) is 0 Å². The van der Waals surface area contributed by atoms with Gasteiger partial charge in [-0.2, -0.15) is 0 Å². The number of halogens is 1. The Morgan fingerprint density at radius 2 is 1.48 bits per heavy atom. The van der Waals surface area contributed by atoms with E-state index in [-0.39, 0.29) is 16.5 Å². The maximum atomic E-state index is 12.3. The summed E-state index contributed by atoms with van der Waals surface area (Å²) in [7, 11) is 0. The van der Waals surface area contributed by atoms with Crippen LogP contribution in [0.1, 0.15) is 20.7 Å². The van der Waals surface area contributed by atoms with Gasteiger partial charge in [-0.05, 0) is 41.5 Å². The zero-order chi connectivity index (χ0) is 17.8. The van der Waals surface area contributed by atoms with Crippen LogP contribution in [0, 0.1) is 0 Å². The van der Waals surface area contributed by atoms with E-state index < -0.39 is 5.97 Å². The Kier molecular flexibility index (Phi) is 4.82. The van der Waals surface area contributed by atoms with Gasteiger partial charge in [-0.3, -0.25) is 4.79 Å². The molecule has 3 aromatic carbocycles. The molecule has 0 heterocycles. The van der Waals surface area contributed by atoms with Crippen molar-refractivity contribution in [2.75, 3.05) is 5.32 Å². The highest BCUT2D eigenvalue weighted by molar-refractivity contribution is 6.33. The minimum atomic E-state index is -1.15. The summed E-state index contributed by atoms with van der Waals surface area (Å²) in [6.45, 7) is 0. The van der Waals surface area contributed by atoms with Gasteiger partial charge in [0.05, 0.1) is 10.6 Å². The SMILES string of the molecule is O=C(Nc1ccc(Cl)c(C(=O)O)c1)c1ccc(-c2ccccc2)cc1. The zero-order valence-corrected chi connectivity index (χ0v) is 13.8. The molecule has 25 heavy (non-hydrogen) atoms. The van der Waals surface area contributed by atoms with Crippen LogP contribution < -0.4 is 5.32 Å². The Balaban J connectivity index is 1.78. The minimum Gasteiger partial charge on any atom is -0.478 e. The molecule has 0 aliphatic carbocycles. The molecule has 0 radical (unpaired) electrons. The first kappa shape index (κ1) is 16.7. The molecule has 0 atom stereocenters. The quantitative estimate of drug-likeness (QED) is 0.698. The molecule has 3 aromatic rings. The van der Waals surface area contributed by atoms with Crippen molar-refractivity contribution in [1.29, 1.82) is 0 Å². The van der Waals surface area contributed by atoms with E-state index in [1.54, 1.807) is 18.2 Å². The van der Waals surface area contributed by atoms with Crippen molar-refractivity contribution in [3.63, 3.8) is 0 Å². The summed E-state index contributed by atoms with van der Waals surface area (Å²) in [6, 6.07) is 21.4. The van der Waals surface area contributed by atoms with Crippen LogP contribution in [0.2, 0.25) is 5.02 Å². The normalized spacial score (nSPS) is 10.3. The largest absolute Gasteiger partial charge is 0.478 e. The molecule has 0 spiro atoms. The van der Waals surface area contributed by atoms with Crippen molar-refractivity contribution >= 4 is 29.2 Å². The average Bonchev–Trinajstić information content (AvgIpc) is 2.64. The predicted molar refractivity (Wildman–Crippen MR) is 98.2 cm³/mol. The Morgan fingerprint density at radius 3 is 2.12 bits per heavy atom. The Bertz CT molecular complexity index is 921. The molecule has 0 aliphatic rings. The zero-order valence-electron chi connectivity index (χ0n) is 13.1. The van der Waals surface area contributed by atoms with E-state index in [4.69, 9.17) is 16.7 Å². The molecule has 0 saturated heterocycles. The standard InChI is InChI=1S/C20H14ClNO3/c21-18-11-10-16(12-17(18)20(24)25)22-19(23)15-8-6-14(7-9-15)13-4-2-1-3-5-13/h1-12H,(H,22,23)(H,24,25). The van der Waals surface area contributed by atoms with Crippen LogP contribution in [-0.4, -0.2) is 17.0 Å². The van der Waals surface area contributed by atoms with Gasteiger partial charge < -0.3 is 10.4 Å². The number of benzene rings is 3. The van der Waals surface area contributed by atoms with Crippen molar-refractivity contribution in [2.45, 2.75) is 0 Å². The minimum absolute atomic E-state index is 0.0566. The van der Waals surface area contributed by atoms with Gasteiger partial charge >= 0.3 is 5.97 Å². The van der Waals surface area contributed by atoms with Crippen LogP contribution in [-0.2, 0) is 0 Å². The molecule has 2 N–H and O–H groups in total. The van der Waals surface area contributed by atoms with Gasteiger partial charge in [-0.25, -0.2) is 4.79 Å². The number of amides is 1. The van der Waals surface area contributed by atoms with Crippen molar-refractivity contribution in [3.8, 4) is 11.1 Å². The first-order chi connectivity index (χ1) is 12.0. The molecular weight excluding hydrogens is 338 g/mol. The van der Waals surface area contributed by atoms with Gasteiger partial charge in [0.25, 0.3) is 5.91 Å². The topological polar surface area (TPSA) is 66.4 Å². The first-order valence-corrected chi connectivity index (χ1v) is 7.92. The average molecular weight is 352 g/mol. The Hall–Kier alpha value is -3.11. The summed E-state index contributed by atoms with van der Waals surface area (Å²) in [4.78, 5) is 23.4. The number of carboxylic acids is 1. The van der Waals surface area contributed by atoms with Gasteiger partial charge in [0, 0.05) is 11.3 Å². The summed E-state index contributed by atoms with van der Waals surface area (Å²) < 4.78 is 0. The maximum Gasteiger partial charge on any atom is 0.337 e. The Labute approximate surface area is 149 Å². The van der Waals surface area contributed by atoms with Gasteiger partial charge in [-0.1, -0.05) is 54.1 Å². The molecule has 5 heteroatoms. The summed E-state index contributed by atoms with van der Waals surface area (Å²) >= 11 is 5.83. The lowest BCUT2D eigenvalue weighted by Gasteiger charge is -2.08. The highest BCUT2D eigenvalue weighted by Crippen LogP contribution is 2.22. The highest BCUT2D eigenvalue weighted by atomic mass is 35.5. The van der Waals surface area contributed by atoms with Crippen molar-refractivity contribution in [1.82, 2.24) is 0 Å². The number of anilines is 1. The van der Waals surface area contributed by atoms with Crippen LogP contribution in [0.3, 0.4) is 0 Å². The molecule has 0 fully saturated rings. The fourth-order valence-corrected chi connectivity index (χ4v) is 2.61. The first-order valence-electron chi connectivity index (χ1n) is 7.54. The summed E-state index contributed by atoms with van der Waals surface area (Å²) in [5.74, 6) is -1.47. The summed E-state index contributed by atoms with van der Waals surface area (Å²) in [5.41, 5.74) is 2.87. The number of carbonyl (C=O) groups is 2. The van der Waals surface area contributed by atoms with E-state index in [0.29, 0.717) is 11.3 Å². The molecule has 0 aliphatic heterocycles. The van der Waals surface area contributed by atoms with Crippen LogP contribution in [0.25, 0.3) is 11.1 Å². The van der Waals surface area contributed by atoms with Gasteiger partial charge in [0.15, 0.2) is 0 Å². The van der Waals surface area contributed by atoms with Gasteiger partial charge in [0.2, 0.25) is 0 Å². The second-order valence-electron chi connectivity index (χ2n) is 5.40. The molecule has 0 saturated carbocycles. The van der Waals surface area contributed by atoms with E-state index >= 15 is 0 Å². The van der Waals surface area contributed by atoms with Gasteiger partial charge in [0.1, 0.15) is 0 Å². The van der Waals surface area contributed by atoms with E-state index in [9.17, 15) is 9.59 Å². The molecule has 1 amide bonds. The predicted octanol–water partition coefficient (Wildman–Crippen LogP) is 4.96. The number of hydrogen-bond acceptors (Lipinski definition) is 2. The molecule has 124 valence electrons. The third kappa shape index (κ3) is 3.87. The highest BCUT2D eigenvalue weighted by Gasteiger charge is 2.12. The number of carboxylic acid groups (broad SMARTS) is 1. The molecule has 3 rings (SSSR count). The molecule has 0 bridgehead atoms. The summed E-state index contributed by atoms with van der Waals surface area (Å²) in [5, 5.41) is 11.9. The second kappa shape index (κ2) is 7.20. The van der Waals surface area contributed by atoms with Crippen LogP contribution in [0.4, 0.5) is 5.69 Å². The Morgan fingerprint density at radius 1 is 0.840 bits per heavy atom. The van der Waals surface area contributed by atoms with Crippen molar-refractivity contribution < 1.29 is 14.7 Å². The van der Waals surface area contributed by atoms with Crippen LogP contribution in [0.15, 0.2) is 72.8 Å². The third-order valence-electron chi connectivity index (χ3n) is 3.71. The number of aromatic carboxylic acids is 1. The third-order valence-corrected chi connectivity index (χ3v) is 4.04. The number of hydrogen-bond donors (Lipinski definition) is 2. The molecule has 4 nitrogen and oxygen atoms in total. The van der Waals surface area contributed by atoms with E-state index in [0.717, 1.165) is 11.1 Å². The second-order valence-corrected chi connectivity index (χ2v) is 5.80. The van der Waals surface area contributed by atoms with E-state index in [1.807, 2.05) is 42.5 Å². The lowest BCUT2D eigenvalue weighted by Crippen LogP contribution is -2.12. The number of rotatable bonds is 4. The fraction of sp³-hybridized carbons (Fsp3) is 0. The smallest absolute Gasteiger partial charge is 0.337 e. The van der Waals surface area contributed by atoms with Crippen LogP contribution >= 0.6 is 11.6 Å². The lowest BCUT2D eigenvalue weighted by atomic mass is 10.0. The molecular formula is C20H14ClNO3. The lowest BCUT2D eigenvalue weighted by molar-refractivity contribution is 0.0696. The fourth-order valence-electron chi connectivity index (χ4n) is 2.41.